The molecule has 1 aliphatic rings. The highest BCUT2D eigenvalue weighted by molar-refractivity contribution is 8.01. The van der Waals surface area contributed by atoms with Crippen molar-refractivity contribution in [3.05, 3.63) is 0 Å². The fourth-order valence-corrected chi connectivity index (χ4v) is 1.49. The third kappa shape index (κ3) is 2.68. The Morgan fingerprint density at radius 1 is 0.471 bits per heavy atom. The predicted molar refractivity (Wildman–Crippen MR) is 37.4 cm³/mol. The second-order valence-corrected chi connectivity index (χ2v) is 3.51. The van der Waals surface area contributed by atoms with Crippen molar-refractivity contribution in [2.45, 2.75) is 22.4 Å². The van der Waals surface area contributed by atoms with Crippen molar-refractivity contribution in [2.24, 2.45) is 0 Å². The summed E-state index contributed by atoms with van der Waals surface area (Å²) in [4.78, 5) is 0. The zero-order chi connectivity index (χ0) is 10.7. The molecule has 0 saturated carbocycles. The minimum absolute atomic E-state index is 0. The van der Waals surface area contributed by atoms with Gasteiger partial charge in [-0.2, -0.15) is 35.1 Å². The molecule has 1 fully saturated rings. The minimum atomic E-state index is -6.03. The van der Waals surface area contributed by atoms with Crippen molar-refractivity contribution in [3.63, 3.8) is 0 Å². The van der Waals surface area contributed by atoms with Crippen LogP contribution in [0, 0.1) is 0 Å². The first-order valence-electron chi connectivity index (χ1n) is 2.67. The lowest BCUT2D eigenvalue weighted by molar-refractivity contribution is -0.303. The summed E-state index contributed by atoms with van der Waals surface area (Å²) in [5, 5.41) is -10.9. The van der Waals surface area contributed by atoms with E-state index in [0.29, 0.717) is 0 Å². The molecule has 0 bridgehead atoms. The first-order valence-corrected chi connectivity index (χ1v) is 3.49. The van der Waals surface area contributed by atoms with E-state index < -0.39 is 34.1 Å². The van der Waals surface area contributed by atoms with Gasteiger partial charge in [0.25, 0.3) is 0 Å². The van der Waals surface area contributed by atoms with E-state index in [4.69, 9.17) is 0 Å². The summed E-state index contributed by atoms with van der Waals surface area (Å²) >= 11 is -2.03. The van der Waals surface area contributed by atoms with Gasteiger partial charge in [-0.15, -0.1) is 0 Å². The second-order valence-electron chi connectivity index (χ2n) is 2.28. The average Bonchev–Trinajstić information content (AvgIpc) is 1.88. The van der Waals surface area contributed by atoms with Gasteiger partial charge in [-0.05, 0) is 11.8 Å². The molecule has 1 aliphatic heterocycles. The number of thioether (sulfide) groups is 1. The van der Waals surface area contributed by atoms with Crippen LogP contribution >= 0.6 is 11.8 Å². The third-order valence-corrected chi connectivity index (χ3v) is 2.41. The Balaban J connectivity index is -0.000000211. The number of halogens is 12. The van der Waals surface area contributed by atoms with E-state index in [9.17, 15) is 35.1 Å². The molecule has 0 unspecified atom stereocenters. The van der Waals surface area contributed by atoms with Crippen molar-refractivity contribution in [2.75, 3.05) is 0 Å². The monoisotopic (exact) mass is 312 g/mol. The van der Waals surface area contributed by atoms with Crippen LogP contribution < -0.4 is 0 Å². The molecule has 0 radical (unpaired) electrons. The zero-order valence-corrected chi connectivity index (χ0v) is 7.88. The van der Waals surface area contributed by atoms with Gasteiger partial charge in [0.05, 0.1) is 0 Å². The van der Waals surface area contributed by atoms with E-state index in [1.54, 1.807) is 0 Å². The lowest BCUT2D eigenvalue weighted by atomic mass is 10.2. The molecule has 13 heteroatoms. The smallest absolute Gasteiger partial charge is 0.269 e. The van der Waals surface area contributed by atoms with Crippen molar-refractivity contribution < 1.29 is 53.9 Å². The standard InChI is InChI=1S/C4F8S.4FH/c5-1(6)2(7,8)4(11,12)13-3(1,9)10;;;;/h;4*1H. The summed E-state index contributed by atoms with van der Waals surface area (Å²) in [6, 6.07) is 0. The molecule has 0 aromatic rings. The van der Waals surface area contributed by atoms with Crippen LogP contribution in [0.1, 0.15) is 0 Å². The Morgan fingerprint density at radius 2 is 0.647 bits per heavy atom. The maximum atomic E-state index is 12.0. The van der Waals surface area contributed by atoms with Crippen LogP contribution in [0.15, 0.2) is 0 Å². The van der Waals surface area contributed by atoms with Crippen LogP contribution in [0.4, 0.5) is 53.9 Å². The van der Waals surface area contributed by atoms with Crippen LogP contribution in [0.3, 0.4) is 0 Å². The van der Waals surface area contributed by atoms with Crippen LogP contribution in [0.2, 0.25) is 0 Å². The number of alkyl halides is 8. The quantitative estimate of drug-likeness (QED) is 0.613. The molecule has 1 rings (SSSR count). The van der Waals surface area contributed by atoms with Crippen molar-refractivity contribution >= 4 is 11.8 Å². The Hall–Kier alpha value is -0.490. The topological polar surface area (TPSA) is 0 Å². The maximum Gasteiger partial charge on any atom is 0.389 e. The summed E-state index contributed by atoms with van der Waals surface area (Å²) in [6.45, 7) is 0. The van der Waals surface area contributed by atoms with E-state index in [0.717, 1.165) is 0 Å². The lowest BCUT2D eigenvalue weighted by Crippen LogP contribution is -2.51. The molecule has 0 nitrogen and oxygen atoms in total. The average molecular weight is 312 g/mol. The fourth-order valence-electron chi connectivity index (χ4n) is 0.655. The van der Waals surface area contributed by atoms with Crippen molar-refractivity contribution in [1.82, 2.24) is 0 Å². The maximum absolute atomic E-state index is 12.0. The Morgan fingerprint density at radius 3 is 0.706 bits per heavy atom. The van der Waals surface area contributed by atoms with E-state index >= 15 is 0 Å². The summed E-state index contributed by atoms with van der Waals surface area (Å²) in [6.07, 6.45) is 0. The first kappa shape index (κ1) is 25.4. The van der Waals surface area contributed by atoms with Crippen LogP contribution in [0.5, 0.6) is 0 Å². The van der Waals surface area contributed by atoms with Gasteiger partial charge < -0.3 is 0 Å². The predicted octanol–water partition coefficient (Wildman–Crippen LogP) is 3.80. The molecule has 0 N–H and O–H groups in total. The molecule has 17 heavy (non-hydrogen) atoms. The van der Waals surface area contributed by atoms with Gasteiger partial charge in [0.15, 0.2) is 0 Å². The fraction of sp³-hybridized carbons (Fsp3) is 1.00. The molecule has 0 aliphatic carbocycles. The minimum Gasteiger partial charge on any atom is -0.269 e. The molecular formula is C4H4F12S. The number of hydrogen-bond acceptors (Lipinski definition) is 1. The van der Waals surface area contributed by atoms with Crippen LogP contribution in [-0.4, -0.2) is 22.4 Å². The van der Waals surface area contributed by atoms with Gasteiger partial charge in [-0.25, -0.2) is 0 Å². The third-order valence-electron chi connectivity index (χ3n) is 1.38. The van der Waals surface area contributed by atoms with Gasteiger partial charge in [0, 0.05) is 0 Å². The summed E-state index contributed by atoms with van der Waals surface area (Å²) in [5.74, 6) is -12.1. The summed E-state index contributed by atoms with van der Waals surface area (Å²) < 4.78 is 95.8. The lowest BCUT2D eigenvalue weighted by Gasteiger charge is -2.22. The normalized spacial score (nSPS) is 25.4. The second kappa shape index (κ2) is 5.44. The SMILES string of the molecule is F.F.F.F.FC1(F)SC(F)(F)C(F)(F)C1(F)F. The van der Waals surface area contributed by atoms with E-state index in [-0.39, 0.29) is 18.8 Å². The number of rotatable bonds is 0. The molecule has 110 valence electrons. The van der Waals surface area contributed by atoms with Gasteiger partial charge in [0.2, 0.25) is 0 Å². The molecule has 0 spiro atoms. The zero-order valence-electron chi connectivity index (χ0n) is 7.06. The van der Waals surface area contributed by atoms with Crippen molar-refractivity contribution in [1.29, 1.82) is 0 Å². The Kier molecular flexibility index (Phi) is 8.11. The molecule has 0 atom stereocenters. The van der Waals surface area contributed by atoms with Crippen LogP contribution in [-0.2, 0) is 0 Å². The van der Waals surface area contributed by atoms with Gasteiger partial charge in [-0.3, -0.25) is 18.8 Å². The van der Waals surface area contributed by atoms with E-state index in [2.05, 4.69) is 0 Å². The number of hydrogen-bond donors (Lipinski definition) is 0. The summed E-state index contributed by atoms with van der Waals surface area (Å²) in [7, 11) is 0. The van der Waals surface area contributed by atoms with E-state index in [1.165, 1.54) is 0 Å². The van der Waals surface area contributed by atoms with Crippen molar-refractivity contribution in [3.8, 4) is 0 Å². The first-order chi connectivity index (χ1) is 5.46. The van der Waals surface area contributed by atoms with E-state index in [1.807, 2.05) is 0 Å². The molecule has 1 heterocycles. The largest absolute Gasteiger partial charge is 0.389 e. The molecule has 0 aromatic carbocycles. The Bertz CT molecular complexity index is 211. The highest BCUT2D eigenvalue weighted by Gasteiger charge is 2.89. The highest BCUT2D eigenvalue weighted by Crippen LogP contribution is 2.68. The Labute approximate surface area is 89.2 Å². The molecule has 1 saturated heterocycles. The molecule has 0 amide bonds. The van der Waals surface area contributed by atoms with Gasteiger partial charge in [0.1, 0.15) is 0 Å². The van der Waals surface area contributed by atoms with Crippen LogP contribution in [0.25, 0.3) is 0 Å². The molecular weight excluding hydrogens is 308 g/mol. The highest BCUT2D eigenvalue weighted by atomic mass is 32.2. The van der Waals surface area contributed by atoms with Gasteiger partial charge >= 0.3 is 22.4 Å². The molecule has 0 aromatic heterocycles. The van der Waals surface area contributed by atoms with Gasteiger partial charge in [-0.1, -0.05) is 0 Å². The summed E-state index contributed by atoms with van der Waals surface area (Å²) in [5.41, 5.74) is 0.